The molecule has 7 atom stereocenters. The Morgan fingerprint density at radius 3 is 2.53 bits per heavy atom. The maximum absolute atomic E-state index is 14.4. The van der Waals surface area contributed by atoms with E-state index in [0.717, 1.165) is 18.4 Å². The second kappa shape index (κ2) is 13.9. The van der Waals surface area contributed by atoms with Gasteiger partial charge in [-0.3, -0.25) is 14.4 Å². The van der Waals surface area contributed by atoms with Gasteiger partial charge in [-0.05, 0) is 85.4 Å². The van der Waals surface area contributed by atoms with Gasteiger partial charge in [0.25, 0.3) is 0 Å². The SMILES string of the molecule is COc1ccc(OC)c(CCN(C(=O)CC2CC3CCC2C3)C2C=C(C(=O)NCCO)C3c4cc(C=O)cc(OC)c4OC3C2O)c1. The number of hydrogen-bond donors (Lipinski definition) is 3. The number of nitrogens with one attached hydrogen (secondary N) is 1. The number of fused-ring (bicyclic) bond motifs is 5. The number of aliphatic hydroxyl groups excluding tert-OH is 2. The zero-order chi connectivity index (χ0) is 33.2. The Morgan fingerprint density at radius 2 is 1.87 bits per heavy atom. The van der Waals surface area contributed by atoms with Crippen LogP contribution in [0.5, 0.6) is 23.0 Å². The zero-order valence-corrected chi connectivity index (χ0v) is 27.1. The van der Waals surface area contributed by atoms with Crippen LogP contribution in [0, 0.1) is 17.8 Å². The fourth-order valence-electron chi connectivity index (χ4n) is 8.28. The molecule has 1 heterocycles. The summed E-state index contributed by atoms with van der Waals surface area (Å²) < 4.78 is 23.0. The molecule has 47 heavy (non-hydrogen) atoms. The van der Waals surface area contributed by atoms with Crippen molar-refractivity contribution in [3.63, 3.8) is 0 Å². The van der Waals surface area contributed by atoms with Crippen LogP contribution in [0.4, 0.5) is 0 Å². The number of amides is 2. The minimum Gasteiger partial charge on any atom is -0.497 e. The molecule has 2 fully saturated rings. The largest absolute Gasteiger partial charge is 0.497 e. The molecule has 4 aliphatic rings. The third-order valence-corrected chi connectivity index (χ3v) is 10.5. The number of nitrogens with zero attached hydrogens (tertiary/aromatic N) is 1. The lowest BCUT2D eigenvalue weighted by Gasteiger charge is -2.41. The molecule has 2 aromatic carbocycles. The Bertz CT molecular complexity index is 1540. The maximum Gasteiger partial charge on any atom is 0.247 e. The Labute approximate surface area is 274 Å². The number of benzene rings is 2. The van der Waals surface area contributed by atoms with Crippen molar-refractivity contribution in [2.45, 2.75) is 62.7 Å². The number of carbonyl (C=O) groups excluding carboxylic acids is 3. The molecule has 2 aromatic rings. The van der Waals surface area contributed by atoms with Crippen LogP contribution in [0.1, 0.15) is 59.5 Å². The molecule has 11 nitrogen and oxygen atoms in total. The molecular formula is C36H44N2O9. The monoisotopic (exact) mass is 648 g/mol. The van der Waals surface area contributed by atoms with Crippen LogP contribution in [0.3, 0.4) is 0 Å². The first-order valence-corrected chi connectivity index (χ1v) is 16.4. The molecule has 11 heteroatoms. The summed E-state index contributed by atoms with van der Waals surface area (Å²) in [6.45, 7) is 0.0104. The Balaban J connectivity index is 1.38. The molecule has 2 amide bonds. The number of hydrogen-bond acceptors (Lipinski definition) is 9. The van der Waals surface area contributed by atoms with Gasteiger partial charge in [-0.15, -0.1) is 0 Å². The quantitative estimate of drug-likeness (QED) is 0.279. The van der Waals surface area contributed by atoms with Crippen molar-refractivity contribution >= 4 is 18.1 Å². The Kier molecular flexibility index (Phi) is 9.75. The highest BCUT2D eigenvalue weighted by atomic mass is 16.5. The van der Waals surface area contributed by atoms with Gasteiger partial charge in [-0.25, -0.2) is 0 Å². The van der Waals surface area contributed by atoms with Crippen LogP contribution < -0.4 is 24.3 Å². The van der Waals surface area contributed by atoms with Gasteiger partial charge in [-0.1, -0.05) is 6.42 Å². The van der Waals surface area contributed by atoms with Crippen molar-refractivity contribution in [2.24, 2.45) is 17.8 Å². The zero-order valence-electron chi connectivity index (χ0n) is 27.1. The predicted molar refractivity (Wildman–Crippen MR) is 172 cm³/mol. The van der Waals surface area contributed by atoms with Crippen molar-refractivity contribution in [3.05, 3.63) is 58.7 Å². The van der Waals surface area contributed by atoms with Gasteiger partial charge in [-0.2, -0.15) is 0 Å². The van der Waals surface area contributed by atoms with Crippen LogP contribution in [0.2, 0.25) is 0 Å². The smallest absolute Gasteiger partial charge is 0.247 e. The topological polar surface area (TPSA) is 144 Å². The van der Waals surface area contributed by atoms with Crippen LogP contribution in [0.25, 0.3) is 0 Å². The molecule has 3 aliphatic carbocycles. The number of ether oxygens (including phenoxy) is 4. The molecular weight excluding hydrogens is 604 g/mol. The Morgan fingerprint density at radius 1 is 1.06 bits per heavy atom. The van der Waals surface area contributed by atoms with Gasteiger partial charge in [0, 0.05) is 36.2 Å². The van der Waals surface area contributed by atoms with Gasteiger partial charge in [0.2, 0.25) is 11.8 Å². The van der Waals surface area contributed by atoms with E-state index in [4.69, 9.17) is 18.9 Å². The van der Waals surface area contributed by atoms with E-state index in [9.17, 15) is 24.6 Å². The van der Waals surface area contributed by atoms with E-state index in [1.54, 1.807) is 37.3 Å². The molecule has 0 saturated heterocycles. The van der Waals surface area contributed by atoms with Gasteiger partial charge in [0.05, 0.1) is 39.9 Å². The summed E-state index contributed by atoms with van der Waals surface area (Å²) in [5, 5.41) is 24.3. The van der Waals surface area contributed by atoms with Crippen molar-refractivity contribution in [2.75, 3.05) is 41.0 Å². The van der Waals surface area contributed by atoms with E-state index in [1.165, 1.54) is 20.0 Å². The molecule has 1 aliphatic heterocycles. The van der Waals surface area contributed by atoms with Crippen LogP contribution >= 0.6 is 0 Å². The molecule has 0 spiro atoms. The van der Waals surface area contributed by atoms with E-state index in [0.29, 0.717) is 70.7 Å². The third kappa shape index (κ3) is 6.30. The standard InChI is InChI=1S/C36H44N2O9/c1-44-25-6-7-29(45-2)23(16-25)8-10-38(31(41)17-24-13-20-4-5-22(24)12-20)28-18-27(36(43)37-9-11-39)32-26-14-21(19-40)15-30(46-3)34(26)47-35(32)33(28)42/h6-7,14-16,18-20,22,24,28,32-33,35,39,42H,4-5,8-13,17H2,1-3H3,(H,37,43). The first-order valence-electron chi connectivity index (χ1n) is 16.4. The van der Waals surface area contributed by atoms with Gasteiger partial charge >= 0.3 is 0 Å². The second-order valence-corrected chi connectivity index (χ2v) is 13.1. The molecule has 0 aromatic heterocycles. The van der Waals surface area contributed by atoms with Crippen molar-refractivity contribution in [3.8, 4) is 23.0 Å². The summed E-state index contributed by atoms with van der Waals surface area (Å²) in [4.78, 5) is 41.6. The fourth-order valence-corrected chi connectivity index (χ4v) is 8.28. The van der Waals surface area contributed by atoms with E-state index in [2.05, 4.69) is 5.32 Å². The number of aliphatic hydroxyl groups is 2. The lowest BCUT2D eigenvalue weighted by Crippen LogP contribution is -2.56. The highest BCUT2D eigenvalue weighted by molar-refractivity contribution is 5.96. The highest BCUT2D eigenvalue weighted by Gasteiger charge is 2.52. The molecule has 6 rings (SSSR count). The molecule has 3 N–H and O–H groups in total. The summed E-state index contributed by atoms with van der Waals surface area (Å²) in [5.41, 5.74) is 2.01. The average molecular weight is 649 g/mol. The minimum absolute atomic E-state index is 0.0225. The highest BCUT2D eigenvalue weighted by Crippen LogP contribution is 2.52. The predicted octanol–water partition coefficient (Wildman–Crippen LogP) is 3.05. The summed E-state index contributed by atoms with van der Waals surface area (Å²) >= 11 is 0. The fraction of sp³-hybridized carbons (Fsp3) is 0.528. The van der Waals surface area contributed by atoms with E-state index < -0.39 is 30.1 Å². The van der Waals surface area contributed by atoms with E-state index in [-0.39, 0.29) is 31.5 Å². The number of carbonyl (C=O) groups is 3. The van der Waals surface area contributed by atoms with E-state index in [1.807, 2.05) is 18.2 Å². The average Bonchev–Trinajstić information content (AvgIpc) is 3.82. The van der Waals surface area contributed by atoms with Crippen molar-refractivity contribution < 1.29 is 43.5 Å². The van der Waals surface area contributed by atoms with Crippen LogP contribution in [-0.4, -0.2) is 92.5 Å². The number of aldehydes is 1. The minimum atomic E-state index is -1.21. The molecule has 2 bridgehead atoms. The molecule has 7 unspecified atom stereocenters. The first kappa shape index (κ1) is 32.8. The van der Waals surface area contributed by atoms with E-state index >= 15 is 0 Å². The third-order valence-electron chi connectivity index (χ3n) is 10.5. The van der Waals surface area contributed by atoms with Crippen LogP contribution in [0.15, 0.2) is 42.0 Å². The second-order valence-electron chi connectivity index (χ2n) is 13.1. The summed E-state index contributed by atoms with van der Waals surface area (Å²) in [6, 6.07) is 7.81. The lowest BCUT2D eigenvalue weighted by atomic mass is 9.77. The summed E-state index contributed by atoms with van der Waals surface area (Å²) in [6.07, 6.45) is 5.57. The number of rotatable bonds is 13. The summed E-state index contributed by atoms with van der Waals surface area (Å²) in [5.74, 6) is 2.19. The lowest BCUT2D eigenvalue weighted by molar-refractivity contribution is -0.138. The van der Waals surface area contributed by atoms with Gasteiger partial charge in [0.1, 0.15) is 30.0 Å². The molecule has 252 valence electrons. The van der Waals surface area contributed by atoms with Crippen molar-refractivity contribution in [1.82, 2.24) is 10.2 Å². The maximum atomic E-state index is 14.4. The number of methoxy groups -OCH3 is 3. The normalized spacial score (nSPS) is 26.8. The summed E-state index contributed by atoms with van der Waals surface area (Å²) in [7, 11) is 4.64. The molecule has 0 radical (unpaired) electrons. The van der Waals surface area contributed by atoms with Crippen LogP contribution in [-0.2, 0) is 16.0 Å². The van der Waals surface area contributed by atoms with Crippen molar-refractivity contribution in [1.29, 1.82) is 0 Å². The van der Waals surface area contributed by atoms with Gasteiger partial charge in [0.15, 0.2) is 11.5 Å². The molecule has 2 saturated carbocycles. The Hall–Kier alpha value is -4.09. The van der Waals surface area contributed by atoms with Gasteiger partial charge < -0.3 is 39.4 Å². The first-order chi connectivity index (χ1) is 22.8.